The number of nitrogens with zero attached hydrogens (tertiary/aromatic N) is 3. The third-order valence-electron chi connectivity index (χ3n) is 5.49. The molecule has 0 aromatic heterocycles. The molecule has 0 atom stereocenters. The fourth-order valence-corrected chi connectivity index (χ4v) is 4.10. The van der Waals surface area contributed by atoms with Crippen LogP contribution in [0.2, 0.25) is 5.02 Å². The fraction of sp³-hybridized carbons (Fsp3) is 0.440. The molecular formula is C25H31ClN4O3. The summed E-state index contributed by atoms with van der Waals surface area (Å²) in [4.78, 5) is 21.5. The van der Waals surface area contributed by atoms with Gasteiger partial charge in [-0.2, -0.15) is 0 Å². The Balaban J connectivity index is 1.36. The number of para-hydroxylation sites is 2. The lowest BCUT2D eigenvalue weighted by atomic mass is 10.1. The lowest BCUT2D eigenvalue weighted by molar-refractivity contribution is 0.0525. The maximum Gasteiger partial charge on any atom is 0.407 e. The van der Waals surface area contributed by atoms with E-state index in [-0.39, 0.29) is 6.09 Å². The number of fused-ring (bicyclic) bond motifs is 2. The predicted molar refractivity (Wildman–Crippen MR) is 131 cm³/mol. The summed E-state index contributed by atoms with van der Waals surface area (Å²) in [6.07, 6.45) is 0.512. The Morgan fingerprint density at radius 1 is 1.12 bits per heavy atom. The van der Waals surface area contributed by atoms with E-state index < -0.39 is 5.60 Å². The number of hydrogen-bond acceptors (Lipinski definition) is 6. The van der Waals surface area contributed by atoms with Gasteiger partial charge in [0, 0.05) is 37.7 Å². The first-order valence-corrected chi connectivity index (χ1v) is 11.8. The lowest BCUT2D eigenvalue weighted by Gasteiger charge is -2.36. The SMILES string of the molecule is CC(C)(C)OC(=O)NCCCN1CCN(C2=Nc3ccccc3Oc3ccc(Cl)cc32)CC1. The maximum absolute atomic E-state index is 11.8. The Morgan fingerprint density at radius 2 is 1.88 bits per heavy atom. The second-order valence-electron chi connectivity index (χ2n) is 9.26. The molecule has 0 bridgehead atoms. The highest BCUT2D eigenvalue weighted by Gasteiger charge is 2.26. The highest BCUT2D eigenvalue weighted by molar-refractivity contribution is 6.31. The fourth-order valence-electron chi connectivity index (χ4n) is 3.93. The molecule has 2 aromatic rings. The van der Waals surface area contributed by atoms with Gasteiger partial charge in [-0.15, -0.1) is 0 Å². The van der Waals surface area contributed by atoms with Gasteiger partial charge in [0.25, 0.3) is 0 Å². The second kappa shape index (κ2) is 10.0. The molecule has 0 unspecified atom stereocenters. The van der Waals surface area contributed by atoms with Crippen LogP contribution >= 0.6 is 11.6 Å². The van der Waals surface area contributed by atoms with Crippen LogP contribution in [0.1, 0.15) is 32.8 Å². The molecular weight excluding hydrogens is 440 g/mol. The number of carbonyl (C=O) groups is 1. The lowest BCUT2D eigenvalue weighted by Crippen LogP contribution is -2.49. The minimum Gasteiger partial charge on any atom is -0.454 e. The summed E-state index contributed by atoms with van der Waals surface area (Å²) in [6, 6.07) is 13.5. The molecule has 176 valence electrons. The Kier molecular flexibility index (Phi) is 7.10. The third kappa shape index (κ3) is 6.18. The molecule has 0 spiro atoms. The van der Waals surface area contributed by atoms with E-state index in [0.717, 1.165) is 67.7 Å². The molecule has 1 amide bonds. The van der Waals surface area contributed by atoms with Gasteiger partial charge < -0.3 is 19.7 Å². The van der Waals surface area contributed by atoms with E-state index in [4.69, 9.17) is 26.1 Å². The molecule has 2 aliphatic rings. The number of hydrogen-bond donors (Lipinski definition) is 1. The van der Waals surface area contributed by atoms with Gasteiger partial charge in [-0.3, -0.25) is 4.90 Å². The highest BCUT2D eigenvalue weighted by atomic mass is 35.5. The van der Waals surface area contributed by atoms with E-state index in [0.29, 0.717) is 11.6 Å². The first-order valence-electron chi connectivity index (χ1n) is 11.4. The van der Waals surface area contributed by atoms with E-state index in [1.54, 1.807) is 0 Å². The van der Waals surface area contributed by atoms with Crippen LogP contribution in [0.5, 0.6) is 11.5 Å². The Bertz CT molecular complexity index is 1030. The molecule has 7 nitrogen and oxygen atoms in total. The quantitative estimate of drug-likeness (QED) is 0.633. The van der Waals surface area contributed by atoms with E-state index in [9.17, 15) is 4.79 Å². The van der Waals surface area contributed by atoms with Crippen molar-refractivity contribution in [1.29, 1.82) is 0 Å². The molecule has 1 saturated heterocycles. The number of piperazine rings is 1. The largest absolute Gasteiger partial charge is 0.454 e. The van der Waals surface area contributed by atoms with Gasteiger partial charge in [0.1, 0.15) is 22.9 Å². The van der Waals surface area contributed by atoms with E-state index in [1.165, 1.54) is 0 Å². The summed E-state index contributed by atoms with van der Waals surface area (Å²) in [7, 11) is 0. The van der Waals surface area contributed by atoms with Crippen LogP contribution in [-0.4, -0.2) is 66.6 Å². The number of ether oxygens (including phenoxy) is 2. The zero-order valence-corrected chi connectivity index (χ0v) is 20.2. The summed E-state index contributed by atoms with van der Waals surface area (Å²) in [6.45, 7) is 10.7. The number of aliphatic imine (C=N–C) groups is 1. The summed E-state index contributed by atoms with van der Waals surface area (Å²) >= 11 is 6.32. The Hall–Kier alpha value is -2.77. The molecule has 1 fully saturated rings. The smallest absolute Gasteiger partial charge is 0.407 e. The van der Waals surface area contributed by atoms with Crippen LogP contribution < -0.4 is 10.1 Å². The zero-order valence-electron chi connectivity index (χ0n) is 19.4. The van der Waals surface area contributed by atoms with E-state index in [1.807, 2.05) is 63.2 Å². The van der Waals surface area contributed by atoms with Crippen molar-refractivity contribution in [2.24, 2.45) is 4.99 Å². The normalized spacial score (nSPS) is 16.1. The minimum atomic E-state index is -0.477. The highest BCUT2D eigenvalue weighted by Crippen LogP contribution is 2.38. The first kappa shape index (κ1) is 23.4. The number of rotatable bonds is 4. The van der Waals surface area contributed by atoms with Crippen molar-refractivity contribution in [3.05, 3.63) is 53.1 Å². The van der Waals surface area contributed by atoms with Crippen LogP contribution in [0.4, 0.5) is 10.5 Å². The molecule has 2 heterocycles. The standard InChI is InChI=1S/C25H31ClN4O3/c1-25(2,3)33-24(31)27-11-6-12-29-13-15-30(16-14-29)23-19-17-18(26)9-10-21(19)32-22-8-5-4-7-20(22)28-23/h4-5,7-10,17H,6,11-16H2,1-3H3,(H,27,31). The summed E-state index contributed by atoms with van der Waals surface area (Å²) in [5.74, 6) is 2.40. The summed E-state index contributed by atoms with van der Waals surface area (Å²) < 4.78 is 11.4. The van der Waals surface area contributed by atoms with Gasteiger partial charge in [-0.25, -0.2) is 9.79 Å². The van der Waals surface area contributed by atoms with Crippen molar-refractivity contribution in [3.63, 3.8) is 0 Å². The molecule has 0 saturated carbocycles. The molecule has 33 heavy (non-hydrogen) atoms. The number of amides is 1. The number of amidine groups is 1. The van der Waals surface area contributed by atoms with Gasteiger partial charge in [-0.1, -0.05) is 23.7 Å². The van der Waals surface area contributed by atoms with Crippen molar-refractivity contribution in [2.75, 3.05) is 39.3 Å². The first-order chi connectivity index (χ1) is 15.8. The average Bonchev–Trinajstić information content (AvgIpc) is 2.92. The van der Waals surface area contributed by atoms with Crippen LogP contribution in [0.15, 0.2) is 47.5 Å². The maximum atomic E-state index is 11.8. The van der Waals surface area contributed by atoms with E-state index >= 15 is 0 Å². The van der Waals surface area contributed by atoms with Crippen molar-refractivity contribution >= 4 is 29.2 Å². The number of benzene rings is 2. The minimum absolute atomic E-state index is 0.362. The molecule has 1 N–H and O–H groups in total. The molecule has 2 aliphatic heterocycles. The van der Waals surface area contributed by atoms with Gasteiger partial charge in [0.2, 0.25) is 0 Å². The van der Waals surface area contributed by atoms with Crippen molar-refractivity contribution in [3.8, 4) is 11.5 Å². The van der Waals surface area contributed by atoms with Crippen molar-refractivity contribution in [1.82, 2.24) is 15.1 Å². The number of alkyl carbamates (subject to hydrolysis) is 1. The zero-order chi connectivity index (χ0) is 23.4. The molecule has 2 aromatic carbocycles. The van der Waals surface area contributed by atoms with Gasteiger partial charge >= 0.3 is 6.09 Å². The summed E-state index contributed by atoms with van der Waals surface area (Å²) in [5.41, 5.74) is 1.25. The Labute approximate surface area is 200 Å². The summed E-state index contributed by atoms with van der Waals surface area (Å²) in [5, 5.41) is 3.49. The van der Waals surface area contributed by atoms with Crippen LogP contribution in [0, 0.1) is 0 Å². The van der Waals surface area contributed by atoms with Crippen LogP contribution in [0.25, 0.3) is 0 Å². The van der Waals surface area contributed by atoms with Crippen LogP contribution in [-0.2, 0) is 4.74 Å². The number of halogens is 1. The Morgan fingerprint density at radius 3 is 2.64 bits per heavy atom. The van der Waals surface area contributed by atoms with E-state index in [2.05, 4.69) is 15.1 Å². The third-order valence-corrected chi connectivity index (χ3v) is 5.72. The predicted octanol–water partition coefficient (Wildman–Crippen LogP) is 5.06. The number of carbonyl (C=O) groups excluding carboxylic acids is 1. The van der Waals surface area contributed by atoms with Crippen molar-refractivity contribution in [2.45, 2.75) is 32.8 Å². The molecule has 0 radical (unpaired) electrons. The monoisotopic (exact) mass is 470 g/mol. The van der Waals surface area contributed by atoms with Crippen LogP contribution in [0.3, 0.4) is 0 Å². The number of nitrogens with one attached hydrogen (secondary N) is 1. The average molecular weight is 471 g/mol. The van der Waals surface area contributed by atoms with Crippen molar-refractivity contribution < 1.29 is 14.3 Å². The van der Waals surface area contributed by atoms with Gasteiger partial charge in [0.05, 0.1) is 5.56 Å². The van der Waals surface area contributed by atoms with Gasteiger partial charge in [-0.05, 0) is 64.1 Å². The second-order valence-corrected chi connectivity index (χ2v) is 9.69. The molecule has 0 aliphatic carbocycles. The van der Waals surface area contributed by atoms with Gasteiger partial charge in [0.15, 0.2) is 5.75 Å². The topological polar surface area (TPSA) is 66.4 Å². The molecule has 4 rings (SSSR count). The molecule has 8 heteroatoms.